The molecule has 1 saturated heterocycles. The fraction of sp³-hybridized carbons (Fsp3) is 0.381. The second kappa shape index (κ2) is 9.43. The van der Waals surface area contributed by atoms with Gasteiger partial charge in [-0.25, -0.2) is 9.59 Å². The number of carbonyl (C=O) groups excluding carboxylic acids is 3. The number of unbranched alkanes of at least 4 members (excludes halogenated alkanes) is 1. The molecule has 0 saturated carbocycles. The second-order valence-electron chi connectivity index (χ2n) is 7.21. The van der Waals surface area contributed by atoms with E-state index in [2.05, 4.69) is 0 Å². The van der Waals surface area contributed by atoms with Crippen molar-refractivity contribution in [2.24, 2.45) is 5.73 Å². The molecule has 2 aliphatic rings. The smallest absolute Gasteiger partial charge is 0.338 e. The minimum atomic E-state index is -1.02. The van der Waals surface area contributed by atoms with Gasteiger partial charge in [-0.2, -0.15) is 0 Å². The molecule has 0 aromatic heterocycles. The van der Waals surface area contributed by atoms with Crippen LogP contribution >= 0.6 is 11.8 Å². The van der Waals surface area contributed by atoms with E-state index in [-0.39, 0.29) is 40.2 Å². The minimum absolute atomic E-state index is 0.0562. The summed E-state index contributed by atoms with van der Waals surface area (Å²) in [6.45, 7) is 3.75. The zero-order valence-corrected chi connectivity index (χ0v) is 18.6. The number of hydrogen-bond acceptors (Lipinski definition) is 9. The number of fused-ring (bicyclic) bond motifs is 1. The molecular weight excluding hydrogens is 438 g/mol. The van der Waals surface area contributed by atoms with Gasteiger partial charge in [0.2, 0.25) is 5.91 Å². The van der Waals surface area contributed by atoms with E-state index in [1.54, 1.807) is 6.92 Å². The molecule has 3 rings (SSSR count). The maximum absolute atomic E-state index is 13.1. The van der Waals surface area contributed by atoms with Gasteiger partial charge in [0.25, 0.3) is 5.69 Å². The van der Waals surface area contributed by atoms with Crippen molar-refractivity contribution in [3.05, 3.63) is 61.9 Å². The number of benzene rings is 1. The molecule has 170 valence electrons. The van der Waals surface area contributed by atoms with E-state index in [0.29, 0.717) is 12.0 Å². The molecule has 2 aliphatic heterocycles. The molecule has 32 heavy (non-hydrogen) atoms. The van der Waals surface area contributed by atoms with Crippen LogP contribution < -0.4 is 5.73 Å². The first kappa shape index (κ1) is 23.3. The lowest BCUT2D eigenvalue weighted by atomic mass is 9.82. The van der Waals surface area contributed by atoms with Crippen molar-refractivity contribution in [2.45, 2.75) is 37.9 Å². The normalized spacial score (nSPS) is 20.3. The second-order valence-corrected chi connectivity index (χ2v) is 8.54. The van der Waals surface area contributed by atoms with Crippen LogP contribution in [0.1, 0.15) is 38.2 Å². The molecule has 2 heterocycles. The Labute approximate surface area is 188 Å². The fourth-order valence-electron chi connectivity index (χ4n) is 3.55. The molecule has 2 atom stereocenters. The SMILES string of the molecule is CCCCOC(=O)C1=C(N)N2C(=O)[C@@H](C)SC2=C(C(=O)OC)[C@@H]1c1ccc([N+](=O)[O-])cc1. The molecule has 0 radical (unpaired) electrons. The van der Waals surface area contributed by atoms with Crippen LogP contribution in [0, 0.1) is 10.1 Å². The number of nitro groups is 1. The first-order valence-electron chi connectivity index (χ1n) is 9.97. The van der Waals surface area contributed by atoms with Crippen molar-refractivity contribution < 1.29 is 28.8 Å². The maximum Gasteiger partial charge on any atom is 0.338 e. The van der Waals surface area contributed by atoms with Crippen molar-refractivity contribution in [3.8, 4) is 0 Å². The van der Waals surface area contributed by atoms with E-state index in [1.807, 2.05) is 6.92 Å². The quantitative estimate of drug-likeness (QED) is 0.280. The number of nitrogens with two attached hydrogens (primary N) is 1. The zero-order chi connectivity index (χ0) is 23.6. The van der Waals surface area contributed by atoms with Crippen LogP contribution in [0.2, 0.25) is 0 Å². The Bertz CT molecular complexity index is 1030. The summed E-state index contributed by atoms with van der Waals surface area (Å²) in [5.41, 5.74) is 6.54. The molecule has 1 amide bonds. The minimum Gasteiger partial charge on any atom is -0.466 e. The number of nitrogens with zero attached hydrogens (tertiary/aromatic N) is 2. The van der Waals surface area contributed by atoms with E-state index in [0.717, 1.165) is 23.1 Å². The summed E-state index contributed by atoms with van der Waals surface area (Å²) in [5.74, 6) is -3.02. The molecule has 11 heteroatoms. The van der Waals surface area contributed by atoms with Crippen LogP contribution in [0.4, 0.5) is 5.69 Å². The van der Waals surface area contributed by atoms with Gasteiger partial charge in [-0.15, -0.1) is 0 Å². The maximum atomic E-state index is 13.1. The number of rotatable bonds is 7. The van der Waals surface area contributed by atoms with Gasteiger partial charge in [-0.3, -0.25) is 19.8 Å². The first-order chi connectivity index (χ1) is 15.2. The monoisotopic (exact) mass is 461 g/mol. The predicted molar refractivity (Wildman–Crippen MR) is 116 cm³/mol. The summed E-state index contributed by atoms with van der Waals surface area (Å²) in [6, 6.07) is 5.43. The summed E-state index contributed by atoms with van der Waals surface area (Å²) < 4.78 is 10.3. The van der Waals surface area contributed by atoms with Gasteiger partial charge in [0.1, 0.15) is 5.82 Å². The zero-order valence-electron chi connectivity index (χ0n) is 17.8. The first-order valence-corrected chi connectivity index (χ1v) is 10.8. The lowest BCUT2D eigenvalue weighted by Gasteiger charge is -2.33. The van der Waals surface area contributed by atoms with Crippen LogP contribution in [0.25, 0.3) is 0 Å². The van der Waals surface area contributed by atoms with E-state index in [4.69, 9.17) is 15.2 Å². The number of thioether (sulfide) groups is 1. The molecular formula is C21H23N3O7S. The number of non-ortho nitro benzene ring substituents is 1. The molecule has 10 nitrogen and oxygen atoms in total. The van der Waals surface area contributed by atoms with E-state index < -0.39 is 28.0 Å². The van der Waals surface area contributed by atoms with Crippen LogP contribution in [0.3, 0.4) is 0 Å². The highest BCUT2D eigenvalue weighted by Gasteiger charge is 2.49. The highest BCUT2D eigenvalue weighted by atomic mass is 32.2. The Morgan fingerprint density at radius 3 is 2.44 bits per heavy atom. The molecule has 0 bridgehead atoms. The summed E-state index contributed by atoms with van der Waals surface area (Å²) >= 11 is 1.14. The van der Waals surface area contributed by atoms with Crippen molar-refractivity contribution in [3.63, 3.8) is 0 Å². The Kier molecular flexibility index (Phi) is 6.87. The third-order valence-corrected chi connectivity index (χ3v) is 6.36. The van der Waals surface area contributed by atoms with E-state index >= 15 is 0 Å². The molecule has 0 unspecified atom stereocenters. The lowest BCUT2D eigenvalue weighted by Crippen LogP contribution is -2.40. The summed E-state index contributed by atoms with van der Waals surface area (Å²) in [7, 11) is 1.19. The van der Waals surface area contributed by atoms with Gasteiger partial charge >= 0.3 is 11.9 Å². The third kappa shape index (κ3) is 4.07. The lowest BCUT2D eigenvalue weighted by molar-refractivity contribution is -0.384. The van der Waals surface area contributed by atoms with Crippen molar-refractivity contribution >= 4 is 35.3 Å². The Balaban J connectivity index is 2.21. The average molecular weight is 461 g/mol. The fourth-order valence-corrected chi connectivity index (χ4v) is 4.71. The van der Waals surface area contributed by atoms with Crippen molar-refractivity contribution in [2.75, 3.05) is 13.7 Å². The largest absolute Gasteiger partial charge is 0.466 e. The summed E-state index contributed by atoms with van der Waals surface area (Å²) in [5, 5.41) is 10.8. The molecule has 2 N–H and O–H groups in total. The van der Waals surface area contributed by atoms with Crippen LogP contribution in [0.5, 0.6) is 0 Å². The van der Waals surface area contributed by atoms with Gasteiger partial charge in [-0.05, 0) is 18.9 Å². The summed E-state index contributed by atoms with van der Waals surface area (Å²) in [4.78, 5) is 50.4. The molecule has 1 fully saturated rings. The summed E-state index contributed by atoms with van der Waals surface area (Å²) in [6.07, 6.45) is 1.42. The van der Waals surface area contributed by atoms with Gasteiger partial charge in [0.15, 0.2) is 0 Å². The van der Waals surface area contributed by atoms with Gasteiger partial charge < -0.3 is 15.2 Å². The van der Waals surface area contributed by atoms with Gasteiger partial charge in [0.05, 0.1) is 46.0 Å². The third-order valence-electron chi connectivity index (χ3n) is 5.18. The average Bonchev–Trinajstić information content (AvgIpc) is 3.07. The molecule has 0 aliphatic carbocycles. The standard InChI is InChI=1S/C21H23N3O7S/c1-4-5-10-31-21(27)15-14(12-6-8-13(9-7-12)24(28)29)16(20(26)30-3)19-23(17(15)22)18(25)11(2)32-19/h6-9,11,14H,4-5,10,22H2,1-3H3/t11-,14-/m1/s1. The molecule has 1 aromatic rings. The predicted octanol–water partition coefficient (Wildman–Crippen LogP) is 2.55. The number of hydrogen-bond donors (Lipinski definition) is 1. The number of ether oxygens (including phenoxy) is 2. The highest BCUT2D eigenvalue weighted by Crippen LogP contribution is 2.49. The van der Waals surface area contributed by atoms with E-state index in [1.165, 1.54) is 31.4 Å². The van der Waals surface area contributed by atoms with Crippen LogP contribution in [-0.2, 0) is 23.9 Å². The van der Waals surface area contributed by atoms with Gasteiger partial charge in [0, 0.05) is 12.1 Å². The van der Waals surface area contributed by atoms with E-state index in [9.17, 15) is 24.5 Å². The molecule has 0 spiro atoms. The van der Waals surface area contributed by atoms with Crippen molar-refractivity contribution in [1.29, 1.82) is 0 Å². The van der Waals surface area contributed by atoms with Gasteiger partial charge in [-0.1, -0.05) is 37.2 Å². The number of carbonyl (C=O) groups is 3. The van der Waals surface area contributed by atoms with Crippen LogP contribution in [0.15, 0.2) is 46.3 Å². The number of esters is 2. The highest BCUT2D eigenvalue weighted by molar-refractivity contribution is 8.04. The molecule has 1 aromatic carbocycles. The Morgan fingerprint density at radius 2 is 1.88 bits per heavy atom. The topological polar surface area (TPSA) is 142 Å². The Morgan fingerprint density at radius 1 is 1.22 bits per heavy atom. The van der Waals surface area contributed by atoms with Crippen molar-refractivity contribution in [1.82, 2.24) is 4.90 Å². The number of amides is 1. The number of methoxy groups -OCH3 is 1. The Hall–Kier alpha value is -3.34. The number of nitro benzene ring substituents is 1. The van der Waals surface area contributed by atoms with Crippen LogP contribution in [-0.4, -0.2) is 46.6 Å².